The molecule has 1 heterocycles. The first-order valence-corrected chi connectivity index (χ1v) is 9.89. The van der Waals surface area contributed by atoms with E-state index in [1.165, 1.54) is 4.88 Å². The van der Waals surface area contributed by atoms with Gasteiger partial charge in [-0.25, -0.2) is 0 Å². The highest BCUT2D eigenvalue weighted by Gasteiger charge is 2.28. The molecule has 0 radical (unpaired) electrons. The normalized spacial score (nSPS) is 19.7. The first-order valence-electron chi connectivity index (χ1n) is 8.03. The van der Waals surface area contributed by atoms with E-state index < -0.39 is 0 Å². The molecule has 3 nitrogen and oxygen atoms in total. The lowest BCUT2D eigenvalue weighted by Crippen LogP contribution is -2.40. The summed E-state index contributed by atoms with van der Waals surface area (Å²) >= 11 is 3.47. The van der Waals surface area contributed by atoms with E-state index in [1.807, 2.05) is 24.3 Å². The standard InChI is InChI=1S/C18H22N2OS2.ClH/c19-11-13-5-3-8-16(13)20-18(21)15-7-1-2-9-17(15)23-12-14-6-4-10-22-14;/h1-2,4,6-7,9-10,13,16H,3,5,8,11-12,19H2,(H,20,21);1H. The van der Waals surface area contributed by atoms with E-state index in [2.05, 4.69) is 22.8 Å². The topological polar surface area (TPSA) is 55.1 Å². The Hall–Kier alpha value is -1.01. The number of hydrogen-bond acceptors (Lipinski definition) is 4. The number of halogens is 1. The van der Waals surface area contributed by atoms with Gasteiger partial charge in [0.1, 0.15) is 0 Å². The third-order valence-electron chi connectivity index (χ3n) is 4.36. The maximum atomic E-state index is 12.7. The minimum absolute atomic E-state index is 0. The summed E-state index contributed by atoms with van der Waals surface area (Å²) in [4.78, 5) is 15.0. The second-order valence-electron chi connectivity index (χ2n) is 5.87. The van der Waals surface area contributed by atoms with Gasteiger partial charge in [-0.05, 0) is 48.9 Å². The molecule has 2 aromatic rings. The summed E-state index contributed by atoms with van der Waals surface area (Å²) in [5, 5.41) is 5.28. The zero-order chi connectivity index (χ0) is 16.1. The highest BCUT2D eigenvalue weighted by molar-refractivity contribution is 7.98. The van der Waals surface area contributed by atoms with Crippen molar-refractivity contribution in [1.29, 1.82) is 0 Å². The Balaban J connectivity index is 0.00000208. The first kappa shape index (κ1) is 19.3. The molecule has 24 heavy (non-hydrogen) atoms. The van der Waals surface area contributed by atoms with Crippen molar-refractivity contribution in [3.05, 3.63) is 52.2 Å². The van der Waals surface area contributed by atoms with E-state index in [1.54, 1.807) is 23.1 Å². The molecule has 2 atom stereocenters. The summed E-state index contributed by atoms with van der Waals surface area (Å²) in [5.74, 6) is 1.35. The minimum Gasteiger partial charge on any atom is -0.349 e. The van der Waals surface area contributed by atoms with Gasteiger partial charge in [0, 0.05) is 21.6 Å². The molecule has 3 rings (SSSR count). The van der Waals surface area contributed by atoms with E-state index in [-0.39, 0.29) is 24.4 Å². The van der Waals surface area contributed by atoms with Gasteiger partial charge in [-0.3, -0.25) is 4.79 Å². The van der Waals surface area contributed by atoms with Crippen LogP contribution in [0.2, 0.25) is 0 Å². The van der Waals surface area contributed by atoms with Crippen LogP contribution in [-0.2, 0) is 5.75 Å². The van der Waals surface area contributed by atoms with Crippen molar-refractivity contribution in [2.45, 2.75) is 36.0 Å². The molecule has 6 heteroatoms. The molecular weight excluding hydrogens is 360 g/mol. The monoisotopic (exact) mass is 382 g/mol. The zero-order valence-electron chi connectivity index (χ0n) is 13.4. The van der Waals surface area contributed by atoms with Gasteiger partial charge in [0.2, 0.25) is 0 Å². The summed E-state index contributed by atoms with van der Waals surface area (Å²) in [7, 11) is 0. The lowest BCUT2D eigenvalue weighted by atomic mass is 10.0. The predicted molar refractivity (Wildman–Crippen MR) is 105 cm³/mol. The Labute approximate surface area is 157 Å². The van der Waals surface area contributed by atoms with Crippen LogP contribution in [0.25, 0.3) is 0 Å². The third kappa shape index (κ3) is 4.76. The first-order chi connectivity index (χ1) is 11.3. The smallest absolute Gasteiger partial charge is 0.252 e. The summed E-state index contributed by atoms with van der Waals surface area (Å²) in [6.45, 7) is 0.653. The number of nitrogens with two attached hydrogens (primary N) is 1. The summed E-state index contributed by atoms with van der Waals surface area (Å²) in [6.07, 6.45) is 3.32. The highest BCUT2D eigenvalue weighted by atomic mass is 35.5. The molecule has 1 aliphatic carbocycles. The Morgan fingerprint density at radius 1 is 1.25 bits per heavy atom. The number of carbonyl (C=O) groups excluding carboxylic acids is 1. The van der Waals surface area contributed by atoms with Crippen molar-refractivity contribution in [3.8, 4) is 0 Å². The molecule has 130 valence electrons. The Morgan fingerprint density at radius 2 is 2.08 bits per heavy atom. The molecule has 1 aromatic heterocycles. The second kappa shape index (κ2) is 9.47. The SMILES string of the molecule is Cl.NCC1CCCC1NC(=O)c1ccccc1SCc1cccs1. The summed E-state index contributed by atoms with van der Waals surface area (Å²) in [6, 6.07) is 12.3. The number of thioether (sulfide) groups is 1. The molecule has 0 aliphatic heterocycles. The van der Waals surface area contributed by atoms with Crippen molar-refractivity contribution >= 4 is 41.4 Å². The maximum Gasteiger partial charge on any atom is 0.252 e. The van der Waals surface area contributed by atoms with Gasteiger partial charge in [-0.1, -0.05) is 24.6 Å². The number of rotatable bonds is 6. The van der Waals surface area contributed by atoms with Crippen LogP contribution >= 0.6 is 35.5 Å². The molecule has 1 aliphatic rings. The zero-order valence-corrected chi connectivity index (χ0v) is 15.9. The number of hydrogen-bond donors (Lipinski definition) is 2. The molecule has 3 N–H and O–H groups in total. The fourth-order valence-corrected chi connectivity index (χ4v) is 4.90. The molecule has 1 saturated carbocycles. The van der Waals surface area contributed by atoms with Crippen molar-refractivity contribution in [1.82, 2.24) is 5.32 Å². The maximum absolute atomic E-state index is 12.7. The fourth-order valence-electron chi connectivity index (χ4n) is 3.08. The molecule has 0 saturated heterocycles. The predicted octanol–water partition coefficient (Wildman–Crippen LogP) is 4.32. The number of nitrogens with one attached hydrogen (secondary N) is 1. The average molecular weight is 383 g/mol. The van der Waals surface area contributed by atoms with Crippen LogP contribution in [0.1, 0.15) is 34.5 Å². The number of benzene rings is 1. The van der Waals surface area contributed by atoms with Gasteiger partial charge in [-0.15, -0.1) is 35.5 Å². The van der Waals surface area contributed by atoms with Crippen LogP contribution in [0.3, 0.4) is 0 Å². The fraction of sp³-hybridized carbons (Fsp3) is 0.389. The van der Waals surface area contributed by atoms with E-state index in [9.17, 15) is 4.79 Å². The lowest BCUT2D eigenvalue weighted by Gasteiger charge is -2.20. The van der Waals surface area contributed by atoms with Gasteiger partial charge in [0.25, 0.3) is 5.91 Å². The van der Waals surface area contributed by atoms with Crippen LogP contribution in [0.5, 0.6) is 0 Å². The highest BCUT2D eigenvalue weighted by Crippen LogP contribution is 2.29. The largest absolute Gasteiger partial charge is 0.349 e. The van der Waals surface area contributed by atoms with Crippen LogP contribution in [0.15, 0.2) is 46.7 Å². The van der Waals surface area contributed by atoms with Crippen molar-refractivity contribution < 1.29 is 4.79 Å². The quantitative estimate of drug-likeness (QED) is 0.731. The molecule has 2 unspecified atom stereocenters. The van der Waals surface area contributed by atoms with Crippen LogP contribution in [0.4, 0.5) is 0 Å². The van der Waals surface area contributed by atoms with Gasteiger partial charge >= 0.3 is 0 Å². The van der Waals surface area contributed by atoms with Crippen LogP contribution in [0, 0.1) is 5.92 Å². The van der Waals surface area contributed by atoms with Gasteiger partial charge in [0.05, 0.1) is 5.56 Å². The van der Waals surface area contributed by atoms with E-state index >= 15 is 0 Å². The van der Waals surface area contributed by atoms with Gasteiger partial charge in [0.15, 0.2) is 0 Å². The van der Waals surface area contributed by atoms with Crippen molar-refractivity contribution in [2.24, 2.45) is 11.7 Å². The molecular formula is C18H23ClN2OS2. The lowest BCUT2D eigenvalue weighted by molar-refractivity contribution is 0.0926. The number of thiophene rings is 1. The third-order valence-corrected chi connectivity index (χ3v) is 6.54. The molecule has 1 fully saturated rings. The summed E-state index contributed by atoms with van der Waals surface area (Å²) < 4.78 is 0. The second-order valence-corrected chi connectivity index (χ2v) is 7.92. The van der Waals surface area contributed by atoms with E-state index in [4.69, 9.17) is 5.73 Å². The molecule has 0 bridgehead atoms. The van der Waals surface area contributed by atoms with Crippen molar-refractivity contribution in [2.75, 3.05) is 6.54 Å². The number of amides is 1. The van der Waals surface area contributed by atoms with Crippen LogP contribution < -0.4 is 11.1 Å². The minimum atomic E-state index is 0. The summed E-state index contributed by atoms with van der Waals surface area (Å²) in [5.41, 5.74) is 6.59. The van der Waals surface area contributed by atoms with Gasteiger partial charge < -0.3 is 11.1 Å². The van der Waals surface area contributed by atoms with E-state index in [0.29, 0.717) is 12.5 Å². The van der Waals surface area contributed by atoms with Gasteiger partial charge in [-0.2, -0.15) is 0 Å². The van der Waals surface area contributed by atoms with E-state index in [0.717, 1.165) is 35.5 Å². The van der Waals surface area contributed by atoms with Crippen molar-refractivity contribution in [3.63, 3.8) is 0 Å². The molecule has 1 amide bonds. The number of carbonyl (C=O) groups is 1. The Bertz CT molecular complexity index is 648. The Morgan fingerprint density at radius 3 is 2.83 bits per heavy atom. The molecule has 1 aromatic carbocycles. The average Bonchev–Trinajstić information content (AvgIpc) is 3.24. The Kier molecular flexibility index (Phi) is 7.62. The van der Waals surface area contributed by atoms with Crippen LogP contribution in [-0.4, -0.2) is 18.5 Å². The molecule has 0 spiro atoms.